The molecule has 0 spiro atoms. The van der Waals surface area contributed by atoms with Gasteiger partial charge in [-0.2, -0.15) is 0 Å². The first-order valence-electron chi connectivity index (χ1n) is 12.5. The monoisotopic (exact) mass is 479 g/mol. The molecular formula is C30H29N3O3. The lowest BCUT2D eigenvalue weighted by atomic mass is 9.95. The fourth-order valence-electron chi connectivity index (χ4n) is 5.03. The molecule has 3 aromatic carbocycles. The van der Waals surface area contributed by atoms with E-state index in [1.807, 2.05) is 29.2 Å². The molecule has 3 aromatic rings. The summed E-state index contributed by atoms with van der Waals surface area (Å²) >= 11 is 0. The minimum atomic E-state index is -0.278. The highest BCUT2D eigenvalue weighted by Gasteiger charge is 2.34. The average Bonchev–Trinajstić information content (AvgIpc) is 3.16. The topological polar surface area (TPSA) is 69.7 Å². The number of hydrogen-bond donors (Lipinski definition) is 1. The second-order valence-electron chi connectivity index (χ2n) is 9.37. The lowest BCUT2D eigenvalue weighted by Gasteiger charge is -2.32. The molecule has 2 heterocycles. The Morgan fingerprint density at radius 3 is 2.28 bits per heavy atom. The number of imide groups is 1. The molecule has 1 N–H and O–H groups in total. The predicted molar refractivity (Wildman–Crippen MR) is 139 cm³/mol. The number of amides is 3. The van der Waals surface area contributed by atoms with Gasteiger partial charge in [-0.05, 0) is 53.8 Å². The Kier molecular flexibility index (Phi) is 7.11. The van der Waals surface area contributed by atoms with Gasteiger partial charge in [-0.3, -0.25) is 19.3 Å². The van der Waals surface area contributed by atoms with Crippen LogP contribution in [0, 0.1) is 17.8 Å². The van der Waals surface area contributed by atoms with Crippen LogP contribution in [0.4, 0.5) is 0 Å². The molecule has 182 valence electrons. The van der Waals surface area contributed by atoms with Crippen LogP contribution in [0.1, 0.15) is 39.1 Å². The van der Waals surface area contributed by atoms with E-state index in [0.29, 0.717) is 30.0 Å². The lowest BCUT2D eigenvalue weighted by molar-refractivity contribution is -0.131. The highest BCUT2D eigenvalue weighted by Crippen LogP contribution is 2.23. The van der Waals surface area contributed by atoms with Crippen LogP contribution < -0.4 is 5.32 Å². The zero-order valence-electron chi connectivity index (χ0n) is 20.2. The Balaban J connectivity index is 1.03. The van der Waals surface area contributed by atoms with Gasteiger partial charge < -0.3 is 10.2 Å². The first-order chi connectivity index (χ1) is 17.6. The third-order valence-corrected chi connectivity index (χ3v) is 7.08. The fraction of sp³-hybridized carbons (Fsp3) is 0.300. The molecular weight excluding hydrogens is 450 g/mol. The van der Waals surface area contributed by atoms with E-state index in [2.05, 4.69) is 35.4 Å². The van der Waals surface area contributed by atoms with Crippen LogP contribution in [0.5, 0.6) is 0 Å². The first-order valence-corrected chi connectivity index (χ1v) is 12.5. The van der Waals surface area contributed by atoms with Gasteiger partial charge in [0.05, 0.1) is 30.6 Å². The van der Waals surface area contributed by atoms with Crippen molar-refractivity contribution in [2.24, 2.45) is 5.92 Å². The maximum absolute atomic E-state index is 12.9. The van der Waals surface area contributed by atoms with E-state index in [-0.39, 0.29) is 24.3 Å². The van der Waals surface area contributed by atoms with E-state index >= 15 is 0 Å². The predicted octanol–water partition coefficient (Wildman–Crippen LogP) is 3.51. The van der Waals surface area contributed by atoms with E-state index in [1.54, 1.807) is 24.3 Å². The maximum atomic E-state index is 12.9. The van der Waals surface area contributed by atoms with Crippen molar-refractivity contribution in [1.82, 2.24) is 15.1 Å². The van der Waals surface area contributed by atoms with Crippen LogP contribution in [0.2, 0.25) is 0 Å². The molecule has 0 atom stereocenters. The van der Waals surface area contributed by atoms with Crippen molar-refractivity contribution in [3.63, 3.8) is 0 Å². The Hall–Kier alpha value is -3.95. The van der Waals surface area contributed by atoms with Crippen LogP contribution in [0.25, 0.3) is 10.8 Å². The van der Waals surface area contributed by atoms with Crippen molar-refractivity contribution in [2.45, 2.75) is 19.3 Å². The summed E-state index contributed by atoms with van der Waals surface area (Å²) in [5.41, 5.74) is 1.98. The van der Waals surface area contributed by atoms with E-state index in [1.165, 1.54) is 10.3 Å². The Labute approximate surface area is 211 Å². The second kappa shape index (κ2) is 10.8. The minimum Gasteiger partial charge on any atom is -0.342 e. The molecule has 6 heteroatoms. The molecule has 5 rings (SSSR count). The maximum Gasteiger partial charge on any atom is 0.262 e. The number of hydrogen-bond acceptors (Lipinski definition) is 4. The first kappa shape index (κ1) is 23.8. The Morgan fingerprint density at radius 1 is 0.861 bits per heavy atom. The van der Waals surface area contributed by atoms with Crippen molar-refractivity contribution >= 4 is 28.5 Å². The number of carbonyl (C=O) groups is 3. The molecule has 0 aliphatic carbocycles. The molecule has 0 unspecified atom stereocenters. The fourth-order valence-corrected chi connectivity index (χ4v) is 5.03. The smallest absolute Gasteiger partial charge is 0.262 e. The van der Waals surface area contributed by atoms with Crippen LogP contribution in [-0.2, 0) is 11.2 Å². The molecule has 0 radical (unpaired) electrons. The van der Waals surface area contributed by atoms with Gasteiger partial charge in [0.1, 0.15) is 0 Å². The summed E-state index contributed by atoms with van der Waals surface area (Å²) in [7, 11) is 0. The molecule has 1 saturated heterocycles. The van der Waals surface area contributed by atoms with Crippen LogP contribution >= 0.6 is 0 Å². The number of nitrogens with zero attached hydrogens (tertiary/aromatic N) is 2. The molecule has 3 amide bonds. The van der Waals surface area contributed by atoms with Gasteiger partial charge in [0.25, 0.3) is 11.8 Å². The van der Waals surface area contributed by atoms with Crippen molar-refractivity contribution < 1.29 is 14.4 Å². The van der Waals surface area contributed by atoms with Crippen LogP contribution in [-0.4, -0.2) is 60.2 Å². The Bertz CT molecular complexity index is 1320. The SMILES string of the molecule is O=C(Cc1cccc2ccccc12)N1CCC(CNCC#CCN2C(=O)c3ccccc3C2=O)CC1. The molecule has 2 aliphatic heterocycles. The quantitative estimate of drug-likeness (QED) is 0.334. The third-order valence-electron chi connectivity index (χ3n) is 7.08. The lowest BCUT2D eigenvalue weighted by Crippen LogP contribution is -2.41. The van der Waals surface area contributed by atoms with Gasteiger partial charge in [-0.15, -0.1) is 0 Å². The molecule has 0 bridgehead atoms. The number of fused-ring (bicyclic) bond motifs is 2. The van der Waals surface area contributed by atoms with Crippen LogP contribution in [0.3, 0.4) is 0 Å². The zero-order valence-corrected chi connectivity index (χ0v) is 20.2. The van der Waals surface area contributed by atoms with Gasteiger partial charge >= 0.3 is 0 Å². The van der Waals surface area contributed by atoms with E-state index in [9.17, 15) is 14.4 Å². The summed E-state index contributed by atoms with van der Waals surface area (Å²) in [6, 6.07) is 21.2. The van der Waals surface area contributed by atoms with Gasteiger partial charge in [0.2, 0.25) is 5.91 Å². The van der Waals surface area contributed by atoms with Crippen molar-refractivity contribution in [3.05, 3.63) is 83.4 Å². The summed E-state index contributed by atoms with van der Waals surface area (Å²) in [6.07, 6.45) is 2.38. The van der Waals surface area contributed by atoms with Gasteiger partial charge in [-0.1, -0.05) is 66.4 Å². The number of carbonyl (C=O) groups excluding carboxylic acids is 3. The molecule has 0 aromatic heterocycles. The minimum absolute atomic E-state index is 0.102. The molecule has 2 aliphatic rings. The molecule has 0 saturated carbocycles. The van der Waals surface area contributed by atoms with Crippen molar-refractivity contribution in [1.29, 1.82) is 0 Å². The normalized spacial score (nSPS) is 15.7. The highest BCUT2D eigenvalue weighted by molar-refractivity contribution is 6.21. The number of nitrogens with one attached hydrogen (secondary N) is 1. The van der Waals surface area contributed by atoms with E-state index < -0.39 is 0 Å². The molecule has 1 fully saturated rings. The molecule has 36 heavy (non-hydrogen) atoms. The van der Waals surface area contributed by atoms with Crippen molar-refractivity contribution in [2.75, 3.05) is 32.7 Å². The second-order valence-corrected chi connectivity index (χ2v) is 9.37. The average molecular weight is 480 g/mol. The largest absolute Gasteiger partial charge is 0.342 e. The van der Waals surface area contributed by atoms with Gasteiger partial charge in [-0.25, -0.2) is 0 Å². The van der Waals surface area contributed by atoms with Crippen molar-refractivity contribution in [3.8, 4) is 11.8 Å². The number of rotatable bonds is 6. The molecule has 6 nitrogen and oxygen atoms in total. The third kappa shape index (κ3) is 5.02. The summed E-state index contributed by atoms with van der Waals surface area (Å²) in [5, 5.41) is 5.67. The summed E-state index contributed by atoms with van der Waals surface area (Å²) in [5.74, 6) is 6.09. The highest BCUT2D eigenvalue weighted by atomic mass is 16.2. The standard InChI is InChI=1S/C30H29N3O3/c34-28(20-24-10-7-9-23-8-1-2-11-25(23)24)32-18-14-22(15-19-32)21-31-16-5-6-17-33-29(35)26-12-3-4-13-27(26)30(33)36/h1-4,7-13,22,31H,14-21H2. The summed E-state index contributed by atoms with van der Waals surface area (Å²) in [4.78, 5) is 40.8. The van der Waals surface area contributed by atoms with E-state index in [0.717, 1.165) is 43.4 Å². The van der Waals surface area contributed by atoms with Gasteiger partial charge in [0, 0.05) is 13.1 Å². The van der Waals surface area contributed by atoms with E-state index in [4.69, 9.17) is 0 Å². The van der Waals surface area contributed by atoms with Gasteiger partial charge in [0.15, 0.2) is 0 Å². The summed E-state index contributed by atoms with van der Waals surface area (Å²) in [6.45, 7) is 3.00. The number of likely N-dealkylation sites (tertiary alicyclic amines) is 1. The Morgan fingerprint density at radius 2 is 1.53 bits per heavy atom. The zero-order chi connectivity index (χ0) is 24.9. The van der Waals surface area contributed by atoms with Crippen LogP contribution in [0.15, 0.2) is 66.7 Å². The number of piperidine rings is 1. The number of benzene rings is 3. The summed E-state index contributed by atoms with van der Waals surface area (Å²) < 4.78 is 0.